The number of para-hydroxylation sites is 1. The Balaban J connectivity index is 1.58. The summed E-state index contributed by atoms with van der Waals surface area (Å²) in [6.07, 6.45) is 0.696. The van der Waals surface area contributed by atoms with Gasteiger partial charge in [0.05, 0.1) is 12.0 Å². The largest absolute Gasteiger partial charge is 0.496 e. The van der Waals surface area contributed by atoms with E-state index in [4.69, 9.17) is 4.74 Å². The van der Waals surface area contributed by atoms with Gasteiger partial charge in [0.15, 0.2) is 11.6 Å². The topological polar surface area (TPSA) is 75.7 Å². The third-order valence-electron chi connectivity index (χ3n) is 5.00. The Hall–Kier alpha value is -2.52. The predicted molar refractivity (Wildman–Crippen MR) is 103 cm³/mol. The summed E-state index contributed by atoms with van der Waals surface area (Å²) in [6, 6.07) is 9.87. The van der Waals surface area contributed by atoms with Crippen LogP contribution in [0.15, 0.2) is 47.4 Å². The van der Waals surface area contributed by atoms with E-state index in [0.29, 0.717) is 31.2 Å². The van der Waals surface area contributed by atoms with Crippen molar-refractivity contribution in [3.8, 4) is 5.75 Å². The summed E-state index contributed by atoms with van der Waals surface area (Å²) in [5.41, 5.74) is 0.849. The Bertz CT molecular complexity index is 990. The molecule has 0 aromatic heterocycles. The lowest BCUT2D eigenvalue weighted by atomic mass is 9.97. The van der Waals surface area contributed by atoms with Crippen molar-refractivity contribution in [2.45, 2.75) is 24.3 Å². The Kier molecular flexibility index (Phi) is 6.49. The van der Waals surface area contributed by atoms with Crippen LogP contribution in [0.5, 0.6) is 5.75 Å². The van der Waals surface area contributed by atoms with Crippen LogP contribution in [0, 0.1) is 17.6 Å². The van der Waals surface area contributed by atoms with E-state index in [2.05, 4.69) is 5.32 Å². The summed E-state index contributed by atoms with van der Waals surface area (Å²) < 4.78 is 58.2. The first kappa shape index (κ1) is 21.2. The second-order valence-electron chi connectivity index (χ2n) is 6.78. The van der Waals surface area contributed by atoms with Gasteiger partial charge < -0.3 is 10.1 Å². The number of halogens is 2. The molecule has 0 saturated carbocycles. The average molecular weight is 424 g/mol. The lowest BCUT2D eigenvalue weighted by Gasteiger charge is -2.30. The van der Waals surface area contributed by atoms with Crippen LogP contribution in [-0.4, -0.2) is 38.8 Å². The minimum absolute atomic E-state index is 0.133. The van der Waals surface area contributed by atoms with E-state index in [1.807, 2.05) is 24.3 Å². The molecular formula is C20H22F2N2O4S. The second-order valence-corrected chi connectivity index (χ2v) is 8.72. The van der Waals surface area contributed by atoms with Gasteiger partial charge in [-0.05, 0) is 37.1 Å². The van der Waals surface area contributed by atoms with Gasteiger partial charge in [-0.3, -0.25) is 4.79 Å². The van der Waals surface area contributed by atoms with E-state index in [1.54, 1.807) is 7.11 Å². The Morgan fingerprint density at radius 3 is 2.48 bits per heavy atom. The zero-order valence-corrected chi connectivity index (χ0v) is 16.7. The van der Waals surface area contributed by atoms with Gasteiger partial charge in [-0.15, -0.1) is 0 Å². The highest BCUT2D eigenvalue weighted by atomic mass is 32.2. The minimum atomic E-state index is -3.94. The number of ether oxygens (including phenoxy) is 1. The zero-order chi connectivity index (χ0) is 21.0. The Labute approximate surface area is 168 Å². The molecule has 29 heavy (non-hydrogen) atoms. The maximum atomic E-state index is 13.4. The van der Waals surface area contributed by atoms with Gasteiger partial charge in [0.2, 0.25) is 15.9 Å². The van der Waals surface area contributed by atoms with Gasteiger partial charge >= 0.3 is 0 Å². The van der Waals surface area contributed by atoms with E-state index < -0.39 is 21.7 Å². The molecule has 1 aliphatic heterocycles. The number of carbonyl (C=O) groups excluding carboxylic acids is 1. The molecular weight excluding hydrogens is 402 g/mol. The number of nitrogens with one attached hydrogen (secondary N) is 1. The highest BCUT2D eigenvalue weighted by Crippen LogP contribution is 2.25. The SMILES string of the molecule is COc1ccccc1CNC(=O)C1CCN(S(=O)(=O)c2ccc(F)c(F)c2)CC1. The summed E-state index contributed by atoms with van der Waals surface area (Å²) in [5, 5.41) is 2.86. The molecule has 156 valence electrons. The molecule has 0 aliphatic carbocycles. The fourth-order valence-corrected chi connectivity index (χ4v) is 4.80. The normalized spacial score (nSPS) is 15.8. The van der Waals surface area contributed by atoms with Crippen molar-refractivity contribution in [2.75, 3.05) is 20.2 Å². The molecule has 3 rings (SSSR count). The van der Waals surface area contributed by atoms with E-state index in [-0.39, 0.29) is 29.8 Å². The van der Waals surface area contributed by atoms with Crippen LogP contribution in [0.25, 0.3) is 0 Å². The van der Waals surface area contributed by atoms with Crippen LogP contribution in [-0.2, 0) is 21.4 Å². The highest BCUT2D eigenvalue weighted by molar-refractivity contribution is 7.89. The van der Waals surface area contributed by atoms with Crippen molar-refractivity contribution < 1.29 is 26.7 Å². The number of sulfonamides is 1. The van der Waals surface area contributed by atoms with Crippen LogP contribution in [0.4, 0.5) is 8.78 Å². The van der Waals surface area contributed by atoms with Crippen molar-refractivity contribution >= 4 is 15.9 Å². The molecule has 1 aliphatic rings. The first-order valence-electron chi connectivity index (χ1n) is 9.17. The number of amides is 1. The summed E-state index contributed by atoms with van der Waals surface area (Å²) in [4.78, 5) is 12.2. The molecule has 0 bridgehead atoms. The van der Waals surface area contributed by atoms with Gasteiger partial charge in [0, 0.05) is 31.1 Å². The zero-order valence-electron chi connectivity index (χ0n) is 15.9. The molecule has 1 heterocycles. The van der Waals surface area contributed by atoms with E-state index in [1.165, 1.54) is 4.31 Å². The number of benzene rings is 2. The summed E-state index contributed by atoms with van der Waals surface area (Å²) in [6.45, 7) is 0.582. The van der Waals surface area contributed by atoms with Crippen molar-refractivity contribution in [3.05, 3.63) is 59.7 Å². The maximum Gasteiger partial charge on any atom is 0.243 e. The lowest BCUT2D eigenvalue weighted by Crippen LogP contribution is -2.42. The van der Waals surface area contributed by atoms with Gasteiger partial charge in [-0.25, -0.2) is 17.2 Å². The number of hydrogen-bond acceptors (Lipinski definition) is 4. The molecule has 1 saturated heterocycles. The highest BCUT2D eigenvalue weighted by Gasteiger charge is 2.32. The smallest absolute Gasteiger partial charge is 0.243 e. The van der Waals surface area contributed by atoms with Crippen LogP contribution in [0.1, 0.15) is 18.4 Å². The minimum Gasteiger partial charge on any atom is -0.496 e. The summed E-state index contributed by atoms with van der Waals surface area (Å²) in [5.74, 6) is -2.10. The van der Waals surface area contributed by atoms with E-state index >= 15 is 0 Å². The van der Waals surface area contributed by atoms with Crippen molar-refractivity contribution in [1.82, 2.24) is 9.62 Å². The molecule has 2 aromatic rings. The quantitative estimate of drug-likeness (QED) is 0.774. The summed E-state index contributed by atoms with van der Waals surface area (Å²) in [7, 11) is -2.38. The number of carbonyl (C=O) groups is 1. The molecule has 0 unspecified atom stereocenters. The van der Waals surface area contributed by atoms with Crippen LogP contribution < -0.4 is 10.1 Å². The van der Waals surface area contributed by atoms with Gasteiger partial charge in [-0.2, -0.15) is 4.31 Å². The van der Waals surface area contributed by atoms with Crippen molar-refractivity contribution in [3.63, 3.8) is 0 Å². The second kappa shape index (κ2) is 8.87. The number of rotatable bonds is 6. The fourth-order valence-electron chi connectivity index (χ4n) is 3.32. The summed E-state index contributed by atoms with van der Waals surface area (Å²) >= 11 is 0. The third kappa shape index (κ3) is 4.73. The van der Waals surface area contributed by atoms with Gasteiger partial charge in [0.25, 0.3) is 0 Å². The van der Waals surface area contributed by atoms with Gasteiger partial charge in [-0.1, -0.05) is 18.2 Å². The fraction of sp³-hybridized carbons (Fsp3) is 0.350. The molecule has 6 nitrogen and oxygen atoms in total. The van der Waals surface area contributed by atoms with Crippen LogP contribution in [0.3, 0.4) is 0 Å². The Morgan fingerprint density at radius 1 is 1.14 bits per heavy atom. The standard InChI is InChI=1S/C20H22F2N2O4S/c1-28-19-5-3-2-4-15(19)13-23-20(25)14-8-10-24(11-9-14)29(26,27)16-6-7-17(21)18(22)12-16/h2-7,12,14H,8-11,13H2,1H3,(H,23,25). The molecule has 0 atom stereocenters. The first-order chi connectivity index (χ1) is 13.8. The molecule has 1 N–H and O–H groups in total. The van der Waals surface area contributed by atoms with Crippen molar-refractivity contribution in [1.29, 1.82) is 0 Å². The molecule has 1 fully saturated rings. The van der Waals surface area contributed by atoms with Crippen LogP contribution in [0.2, 0.25) is 0 Å². The van der Waals surface area contributed by atoms with Gasteiger partial charge in [0.1, 0.15) is 5.75 Å². The van der Waals surface area contributed by atoms with Crippen LogP contribution >= 0.6 is 0 Å². The maximum absolute atomic E-state index is 13.4. The number of hydrogen-bond donors (Lipinski definition) is 1. The molecule has 9 heteroatoms. The molecule has 2 aromatic carbocycles. The van der Waals surface area contributed by atoms with E-state index in [0.717, 1.165) is 17.7 Å². The Morgan fingerprint density at radius 2 is 1.83 bits per heavy atom. The first-order valence-corrected chi connectivity index (χ1v) is 10.6. The number of piperidine rings is 1. The number of nitrogens with zero attached hydrogens (tertiary/aromatic N) is 1. The molecule has 0 radical (unpaired) electrons. The van der Waals surface area contributed by atoms with E-state index in [9.17, 15) is 22.0 Å². The predicted octanol–water partition coefficient (Wildman–Crippen LogP) is 2.69. The molecule has 0 spiro atoms. The molecule has 1 amide bonds. The monoisotopic (exact) mass is 424 g/mol. The third-order valence-corrected chi connectivity index (χ3v) is 6.89. The average Bonchev–Trinajstić information content (AvgIpc) is 2.74. The lowest BCUT2D eigenvalue weighted by molar-refractivity contribution is -0.126. The number of methoxy groups -OCH3 is 1. The van der Waals surface area contributed by atoms with Crippen molar-refractivity contribution in [2.24, 2.45) is 5.92 Å².